The standard InChI is InChI=1S/C15H11ClO4/c1-20-15(19)11-6-7-13(16)12(8-11)9-2-4-10(5-3-9)14(17)18/h2-8H,1H3,(H,17,18). The predicted octanol–water partition coefficient (Wildman–Crippen LogP) is 3.49. The summed E-state index contributed by atoms with van der Waals surface area (Å²) in [4.78, 5) is 22.3. The van der Waals surface area contributed by atoms with E-state index in [0.717, 1.165) is 5.56 Å². The molecule has 20 heavy (non-hydrogen) atoms. The van der Waals surface area contributed by atoms with Gasteiger partial charge in [-0.15, -0.1) is 0 Å². The van der Waals surface area contributed by atoms with E-state index in [4.69, 9.17) is 16.7 Å². The van der Waals surface area contributed by atoms with Crippen LogP contribution < -0.4 is 0 Å². The molecule has 5 heteroatoms. The average molecular weight is 291 g/mol. The number of halogens is 1. The minimum Gasteiger partial charge on any atom is -0.478 e. The molecule has 1 N–H and O–H groups in total. The molecule has 0 saturated heterocycles. The zero-order valence-electron chi connectivity index (χ0n) is 10.6. The van der Waals surface area contributed by atoms with Crippen molar-refractivity contribution in [1.82, 2.24) is 0 Å². The average Bonchev–Trinajstić information content (AvgIpc) is 2.47. The first-order chi connectivity index (χ1) is 9.52. The number of carboxylic acids is 1. The van der Waals surface area contributed by atoms with Crippen LogP contribution in [0.3, 0.4) is 0 Å². The third-order valence-corrected chi connectivity index (χ3v) is 3.16. The molecule has 0 heterocycles. The maximum Gasteiger partial charge on any atom is 0.337 e. The highest BCUT2D eigenvalue weighted by Crippen LogP contribution is 2.29. The van der Waals surface area contributed by atoms with Gasteiger partial charge in [0, 0.05) is 10.6 Å². The number of hydrogen-bond acceptors (Lipinski definition) is 3. The third kappa shape index (κ3) is 2.81. The summed E-state index contributed by atoms with van der Waals surface area (Å²) in [5, 5.41) is 9.34. The van der Waals surface area contributed by atoms with E-state index in [2.05, 4.69) is 4.74 Å². The van der Waals surface area contributed by atoms with Gasteiger partial charge in [0.1, 0.15) is 0 Å². The van der Waals surface area contributed by atoms with E-state index in [1.54, 1.807) is 30.3 Å². The van der Waals surface area contributed by atoms with Gasteiger partial charge in [0.25, 0.3) is 0 Å². The van der Waals surface area contributed by atoms with Gasteiger partial charge in [-0.1, -0.05) is 23.7 Å². The smallest absolute Gasteiger partial charge is 0.337 e. The van der Waals surface area contributed by atoms with Crippen molar-refractivity contribution in [2.45, 2.75) is 0 Å². The van der Waals surface area contributed by atoms with Crippen LogP contribution in [0, 0.1) is 0 Å². The van der Waals surface area contributed by atoms with E-state index in [0.29, 0.717) is 16.1 Å². The van der Waals surface area contributed by atoms with Crippen LogP contribution in [0.4, 0.5) is 0 Å². The van der Waals surface area contributed by atoms with Crippen LogP contribution in [-0.2, 0) is 4.74 Å². The largest absolute Gasteiger partial charge is 0.478 e. The Balaban J connectivity index is 2.45. The number of carbonyl (C=O) groups excluding carboxylic acids is 1. The fraction of sp³-hybridized carbons (Fsp3) is 0.0667. The number of aromatic carboxylic acids is 1. The summed E-state index contributed by atoms with van der Waals surface area (Å²) in [5.74, 6) is -1.45. The number of carboxylic acid groups (broad SMARTS) is 1. The zero-order chi connectivity index (χ0) is 14.7. The molecule has 2 aromatic rings. The molecule has 0 spiro atoms. The van der Waals surface area contributed by atoms with Crippen molar-refractivity contribution in [3.8, 4) is 11.1 Å². The molecule has 0 atom stereocenters. The first kappa shape index (κ1) is 14.1. The zero-order valence-corrected chi connectivity index (χ0v) is 11.3. The third-order valence-electron chi connectivity index (χ3n) is 2.83. The molecular weight excluding hydrogens is 280 g/mol. The van der Waals surface area contributed by atoms with Crippen LogP contribution in [-0.4, -0.2) is 24.2 Å². The van der Waals surface area contributed by atoms with Crippen LogP contribution in [0.2, 0.25) is 5.02 Å². The van der Waals surface area contributed by atoms with Gasteiger partial charge in [0.05, 0.1) is 18.2 Å². The Morgan fingerprint density at radius 2 is 1.65 bits per heavy atom. The number of esters is 1. The van der Waals surface area contributed by atoms with Crippen molar-refractivity contribution in [2.75, 3.05) is 7.11 Å². The lowest BCUT2D eigenvalue weighted by Crippen LogP contribution is -2.01. The van der Waals surface area contributed by atoms with Crippen LogP contribution in [0.1, 0.15) is 20.7 Å². The molecule has 0 bridgehead atoms. The lowest BCUT2D eigenvalue weighted by Gasteiger charge is -2.07. The molecule has 4 nitrogen and oxygen atoms in total. The van der Waals surface area contributed by atoms with Crippen molar-refractivity contribution in [1.29, 1.82) is 0 Å². The van der Waals surface area contributed by atoms with Gasteiger partial charge >= 0.3 is 11.9 Å². The number of rotatable bonds is 3. The monoisotopic (exact) mass is 290 g/mol. The van der Waals surface area contributed by atoms with Crippen LogP contribution in [0.25, 0.3) is 11.1 Å². The topological polar surface area (TPSA) is 63.6 Å². The van der Waals surface area contributed by atoms with Crippen molar-refractivity contribution < 1.29 is 19.4 Å². The number of carbonyl (C=O) groups is 2. The summed E-state index contributed by atoms with van der Waals surface area (Å²) in [5.41, 5.74) is 1.94. The molecule has 0 radical (unpaired) electrons. The number of benzene rings is 2. The summed E-state index contributed by atoms with van der Waals surface area (Å²) in [6.45, 7) is 0. The lowest BCUT2D eigenvalue weighted by molar-refractivity contribution is 0.0600. The van der Waals surface area contributed by atoms with Crippen molar-refractivity contribution in [2.24, 2.45) is 0 Å². The van der Waals surface area contributed by atoms with Gasteiger partial charge in [-0.2, -0.15) is 0 Å². The quantitative estimate of drug-likeness (QED) is 0.879. The molecule has 102 valence electrons. The Morgan fingerprint density at radius 1 is 1.05 bits per heavy atom. The van der Waals surface area contributed by atoms with Crippen molar-refractivity contribution >= 4 is 23.5 Å². The Bertz CT molecular complexity index is 662. The fourth-order valence-corrected chi connectivity index (χ4v) is 2.01. The summed E-state index contributed by atoms with van der Waals surface area (Å²) in [7, 11) is 1.30. The number of ether oxygens (including phenoxy) is 1. The molecule has 0 aliphatic carbocycles. The second-order valence-corrected chi connectivity index (χ2v) is 4.48. The summed E-state index contributed by atoms with van der Waals surface area (Å²) in [6.07, 6.45) is 0. The molecule has 0 amide bonds. The number of methoxy groups -OCH3 is 1. The van der Waals surface area contributed by atoms with E-state index >= 15 is 0 Å². The van der Waals surface area contributed by atoms with Crippen LogP contribution >= 0.6 is 11.6 Å². The molecule has 0 aromatic heterocycles. The van der Waals surface area contributed by atoms with E-state index < -0.39 is 11.9 Å². The summed E-state index contributed by atoms with van der Waals surface area (Å²) in [6, 6.07) is 11.1. The van der Waals surface area contributed by atoms with E-state index in [9.17, 15) is 9.59 Å². The molecule has 0 aliphatic rings. The van der Waals surface area contributed by atoms with Gasteiger partial charge in [-0.25, -0.2) is 9.59 Å². The normalized spacial score (nSPS) is 10.1. The highest BCUT2D eigenvalue weighted by molar-refractivity contribution is 6.33. The Kier molecular flexibility index (Phi) is 4.05. The van der Waals surface area contributed by atoms with Gasteiger partial charge in [0.2, 0.25) is 0 Å². The first-order valence-corrected chi connectivity index (χ1v) is 6.12. The maximum absolute atomic E-state index is 11.5. The van der Waals surface area contributed by atoms with E-state index in [1.807, 2.05) is 0 Å². The molecule has 2 aromatic carbocycles. The summed E-state index contributed by atoms with van der Waals surface area (Å²) < 4.78 is 4.66. The fourth-order valence-electron chi connectivity index (χ4n) is 1.78. The van der Waals surface area contributed by atoms with Crippen LogP contribution in [0.15, 0.2) is 42.5 Å². The second-order valence-electron chi connectivity index (χ2n) is 4.07. The van der Waals surface area contributed by atoms with Gasteiger partial charge in [-0.05, 0) is 35.9 Å². The molecule has 2 rings (SSSR count). The molecule has 0 saturated carbocycles. The Hall–Kier alpha value is -2.33. The van der Waals surface area contributed by atoms with Gasteiger partial charge in [0.15, 0.2) is 0 Å². The summed E-state index contributed by atoms with van der Waals surface area (Å²) >= 11 is 6.11. The molecular formula is C15H11ClO4. The SMILES string of the molecule is COC(=O)c1ccc(Cl)c(-c2ccc(C(=O)O)cc2)c1. The Morgan fingerprint density at radius 3 is 2.20 bits per heavy atom. The molecule has 0 unspecified atom stereocenters. The maximum atomic E-state index is 11.5. The minimum atomic E-state index is -0.994. The van der Waals surface area contributed by atoms with E-state index in [-0.39, 0.29) is 5.56 Å². The van der Waals surface area contributed by atoms with Crippen molar-refractivity contribution in [3.05, 3.63) is 58.6 Å². The second kappa shape index (κ2) is 5.75. The molecule has 0 aliphatic heterocycles. The van der Waals surface area contributed by atoms with Crippen molar-refractivity contribution in [3.63, 3.8) is 0 Å². The predicted molar refractivity (Wildman–Crippen MR) is 75.2 cm³/mol. The van der Waals surface area contributed by atoms with E-state index in [1.165, 1.54) is 19.2 Å². The minimum absolute atomic E-state index is 0.189. The molecule has 0 fully saturated rings. The number of hydrogen-bond donors (Lipinski definition) is 1. The first-order valence-electron chi connectivity index (χ1n) is 5.74. The van der Waals surface area contributed by atoms with Gasteiger partial charge in [-0.3, -0.25) is 0 Å². The lowest BCUT2D eigenvalue weighted by atomic mass is 10.0. The Labute approximate surface area is 120 Å². The van der Waals surface area contributed by atoms with Gasteiger partial charge < -0.3 is 9.84 Å². The van der Waals surface area contributed by atoms with Crippen LogP contribution in [0.5, 0.6) is 0 Å². The highest BCUT2D eigenvalue weighted by atomic mass is 35.5. The highest BCUT2D eigenvalue weighted by Gasteiger charge is 2.11.